The molecule has 1 fully saturated rings. The topological polar surface area (TPSA) is 40.8 Å². The smallest absolute Gasteiger partial charge is 0.394 e. The van der Waals surface area contributed by atoms with Crippen LogP contribution in [0, 0.1) is 6.92 Å². The van der Waals surface area contributed by atoms with Crippen molar-refractivity contribution in [1.82, 2.24) is 9.61 Å². The third kappa shape index (κ3) is 4.48. The van der Waals surface area contributed by atoms with Crippen LogP contribution < -0.4 is 4.90 Å². The number of hydrogen-bond acceptors (Lipinski definition) is 3. The molecule has 1 aliphatic heterocycles. The molecule has 3 heterocycles. The van der Waals surface area contributed by atoms with Gasteiger partial charge in [0, 0.05) is 23.4 Å². The first kappa shape index (κ1) is 24.4. The highest BCUT2D eigenvalue weighted by Gasteiger charge is 2.31. The molecule has 0 spiro atoms. The van der Waals surface area contributed by atoms with E-state index in [1.54, 1.807) is 10.6 Å². The molecule has 188 valence electrons. The monoisotopic (exact) mass is 493 g/mol. The summed E-state index contributed by atoms with van der Waals surface area (Å²) in [5.74, 6) is 0. The number of fused-ring (bicyclic) bond motifs is 1. The van der Waals surface area contributed by atoms with Gasteiger partial charge in [-0.05, 0) is 56.0 Å². The van der Waals surface area contributed by atoms with Crippen LogP contribution >= 0.6 is 0 Å². The summed E-state index contributed by atoms with van der Waals surface area (Å²) in [6, 6.07) is 17.7. The summed E-state index contributed by atoms with van der Waals surface area (Å²) in [6.07, 6.45) is -0.946. The van der Waals surface area contributed by atoms with E-state index in [0.29, 0.717) is 11.3 Å². The number of alkyl halides is 3. The normalized spacial score (nSPS) is 16.3. The van der Waals surface area contributed by atoms with Gasteiger partial charge in [-0.2, -0.15) is 18.3 Å². The third-order valence-electron chi connectivity index (χ3n) is 7.02. The minimum Gasteiger partial charge on any atom is -0.394 e. The van der Waals surface area contributed by atoms with Crippen LogP contribution in [0.2, 0.25) is 0 Å². The summed E-state index contributed by atoms with van der Waals surface area (Å²) >= 11 is 0. The van der Waals surface area contributed by atoms with Crippen LogP contribution in [0.5, 0.6) is 0 Å². The Hall–Kier alpha value is -3.32. The SMILES string of the molecule is CCCc1nn2c(-c3cccc(C(F)(F)F)c3)cc(N3CCCC3CO)cc2c1-c1ccc(C)cc1. The van der Waals surface area contributed by atoms with E-state index in [-0.39, 0.29) is 12.6 Å². The number of anilines is 1. The Morgan fingerprint density at radius 1 is 1.03 bits per heavy atom. The molecule has 36 heavy (non-hydrogen) atoms. The van der Waals surface area contributed by atoms with E-state index in [9.17, 15) is 18.3 Å². The van der Waals surface area contributed by atoms with Crippen LogP contribution in [0.4, 0.5) is 18.9 Å². The van der Waals surface area contributed by atoms with E-state index in [1.807, 2.05) is 13.0 Å². The molecular weight excluding hydrogens is 463 g/mol. The molecule has 1 saturated heterocycles. The van der Waals surface area contributed by atoms with Gasteiger partial charge in [-0.25, -0.2) is 4.52 Å². The van der Waals surface area contributed by atoms with Crippen LogP contribution in [0.25, 0.3) is 27.9 Å². The van der Waals surface area contributed by atoms with Gasteiger partial charge in [0.1, 0.15) is 0 Å². The number of rotatable bonds is 6. The maximum atomic E-state index is 13.6. The number of aryl methyl sites for hydroxylation is 2. The number of pyridine rings is 1. The molecule has 1 N–H and O–H groups in total. The highest BCUT2D eigenvalue weighted by atomic mass is 19.4. The number of hydrogen-bond donors (Lipinski definition) is 1. The van der Waals surface area contributed by atoms with E-state index in [4.69, 9.17) is 5.10 Å². The number of aliphatic hydroxyl groups is 1. The van der Waals surface area contributed by atoms with E-state index in [0.717, 1.165) is 71.9 Å². The lowest BCUT2D eigenvalue weighted by molar-refractivity contribution is -0.137. The lowest BCUT2D eigenvalue weighted by atomic mass is 9.99. The van der Waals surface area contributed by atoms with Gasteiger partial charge in [-0.1, -0.05) is 55.3 Å². The molecule has 0 bridgehead atoms. The molecule has 0 saturated carbocycles. The second-order valence-corrected chi connectivity index (χ2v) is 9.58. The van der Waals surface area contributed by atoms with Crippen molar-refractivity contribution in [3.05, 3.63) is 77.5 Å². The first-order chi connectivity index (χ1) is 17.3. The van der Waals surface area contributed by atoms with Crippen molar-refractivity contribution < 1.29 is 18.3 Å². The van der Waals surface area contributed by atoms with Gasteiger partial charge in [0.2, 0.25) is 0 Å². The molecule has 2 aromatic carbocycles. The van der Waals surface area contributed by atoms with Crippen molar-refractivity contribution in [2.45, 2.75) is 51.7 Å². The fraction of sp³-hybridized carbons (Fsp3) is 0.345. The van der Waals surface area contributed by atoms with Crippen molar-refractivity contribution in [2.24, 2.45) is 0 Å². The van der Waals surface area contributed by atoms with Gasteiger partial charge in [-0.15, -0.1) is 0 Å². The standard InChI is InChI=1S/C29H30F3N3O/c1-3-6-25-28(20-12-10-19(2)11-13-20)27-17-24(34-14-5-9-23(34)18-36)16-26(35(27)33-25)21-7-4-8-22(15-21)29(30,31)32/h4,7-8,10-13,15-17,23,36H,3,5-6,9,14,18H2,1-2H3. The summed E-state index contributed by atoms with van der Waals surface area (Å²) in [5, 5.41) is 14.9. The molecule has 4 nitrogen and oxygen atoms in total. The number of benzene rings is 2. The van der Waals surface area contributed by atoms with Crippen molar-refractivity contribution in [1.29, 1.82) is 0 Å². The second-order valence-electron chi connectivity index (χ2n) is 9.58. The zero-order valence-corrected chi connectivity index (χ0v) is 20.5. The number of halogens is 3. The van der Waals surface area contributed by atoms with Crippen LogP contribution in [-0.4, -0.2) is 33.9 Å². The summed E-state index contributed by atoms with van der Waals surface area (Å²) in [7, 11) is 0. The maximum Gasteiger partial charge on any atom is 0.416 e. The average Bonchev–Trinajstić information content (AvgIpc) is 3.48. The number of aliphatic hydroxyl groups excluding tert-OH is 1. The molecule has 2 aromatic heterocycles. The van der Waals surface area contributed by atoms with Gasteiger partial charge in [-0.3, -0.25) is 0 Å². The fourth-order valence-corrected chi connectivity index (χ4v) is 5.22. The van der Waals surface area contributed by atoms with E-state index >= 15 is 0 Å². The molecule has 0 amide bonds. The Bertz CT molecular complexity index is 1380. The number of nitrogens with zero attached hydrogens (tertiary/aromatic N) is 3. The summed E-state index contributed by atoms with van der Waals surface area (Å²) in [5.41, 5.74) is 6.24. The Morgan fingerprint density at radius 2 is 1.81 bits per heavy atom. The second kappa shape index (κ2) is 9.62. The van der Waals surface area contributed by atoms with E-state index in [2.05, 4.69) is 42.2 Å². The lowest BCUT2D eigenvalue weighted by Gasteiger charge is -2.26. The predicted octanol–water partition coefficient (Wildman–Crippen LogP) is 6.91. The van der Waals surface area contributed by atoms with E-state index < -0.39 is 11.7 Å². The summed E-state index contributed by atoms with van der Waals surface area (Å²) in [6.45, 7) is 4.96. The Balaban J connectivity index is 1.80. The molecule has 4 aromatic rings. The maximum absolute atomic E-state index is 13.6. The lowest BCUT2D eigenvalue weighted by Crippen LogP contribution is -2.32. The van der Waals surface area contributed by atoms with Gasteiger partial charge in [0.15, 0.2) is 0 Å². The van der Waals surface area contributed by atoms with Gasteiger partial charge in [0.25, 0.3) is 0 Å². The summed E-state index contributed by atoms with van der Waals surface area (Å²) < 4.78 is 42.5. The molecule has 1 atom stereocenters. The van der Waals surface area contributed by atoms with Gasteiger partial charge >= 0.3 is 6.18 Å². The van der Waals surface area contributed by atoms with Crippen LogP contribution in [0.3, 0.4) is 0 Å². The Labute approximate surface area is 209 Å². The predicted molar refractivity (Wildman–Crippen MR) is 137 cm³/mol. The Morgan fingerprint density at radius 3 is 2.50 bits per heavy atom. The largest absolute Gasteiger partial charge is 0.416 e. The highest BCUT2D eigenvalue weighted by Crippen LogP contribution is 2.39. The summed E-state index contributed by atoms with van der Waals surface area (Å²) in [4.78, 5) is 2.17. The zero-order valence-electron chi connectivity index (χ0n) is 20.5. The minimum atomic E-state index is -4.44. The minimum absolute atomic E-state index is 0.0114. The van der Waals surface area contributed by atoms with Crippen molar-refractivity contribution in [3.63, 3.8) is 0 Å². The van der Waals surface area contributed by atoms with Crippen LogP contribution in [0.1, 0.15) is 43.0 Å². The molecule has 5 rings (SSSR count). The third-order valence-corrected chi connectivity index (χ3v) is 7.02. The van der Waals surface area contributed by atoms with Crippen LogP contribution in [0.15, 0.2) is 60.7 Å². The molecular formula is C29H30F3N3O. The first-order valence-electron chi connectivity index (χ1n) is 12.5. The number of aromatic nitrogens is 2. The average molecular weight is 494 g/mol. The Kier molecular flexibility index (Phi) is 6.51. The fourth-order valence-electron chi connectivity index (χ4n) is 5.22. The van der Waals surface area contributed by atoms with Crippen molar-refractivity contribution in [3.8, 4) is 22.4 Å². The first-order valence-corrected chi connectivity index (χ1v) is 12.5. The van der Waals surface area contributed by atoms with Gasteiger partial charge in [0.05, 0.1) is 35.1 Å². The van der Waals surface area contributed by atoms with Crippen LogP contribution in [-0.2, 0) is 12.6 Å². The quantitative estimate of drug-likeness (QED) is 0.317. The van der Waals surface area contributed by atoms with Crippen molar-refractivity contribution >= 4 is 11.2 Å². The molecule has 1 unspecified atom stereocenters. The van der Waals surface area contributed by atoms with Crippen molar-refractivity contribution in [2.75, 3.05) is 18.1 Å². The van der Waals surface area contributed by atoms with E-state index in [1.165, 1.54) is 12.1 Å². The van der Waals surface area contributed by atoms with Gasteiger partial charge < -0.3 is 10.0 Å². The molecule has 1 aliphatic rings. The zero-order chi connectivity index (χ0) is 25.4. The molecule has 7 heteroatoms. The molecule has 0 radical (unpaired) electrons. The molecule has 0 aliphatic carbocycles. The highest BCUT2D eigenvalue weighted by molar-refractivity contribution is 5.87.